The van der Waals surface area contributed by atoms with Crippen molar-refractivity contribution in [3.8, 4) is 0 Å². The summed E-state index contributed by atoms with van der Waals surface area (Å²) < 4.78 is 0. The molecular weight excluding hydrogens is 316 g/mol. The second kappa shape index (κ2) is 6.69. The highest BCUT2D eigenvalue weighted by molar-refractivity contribution is 6.39. The van der Waals surface area contributed by atoms with Gasteiger partial charge in [0.25, 0.3) is 0 Å². The van der Waals surface area contributed by atoms with Gasteiger partial charge in [0, 0.05) is 12.1 Å². The molecule has 3 N–H and O–H groups in total. The van der Waals surface area contributed by atoms with E-state index in [0.29, 0.717) is 12.1 Å². The lowest BCUT2D eigenvalue weighted by Crippen LogP contribution is -2.40. The number of nitrogens with one attached hydrogen (secondary N) is 2. The molecule has 2 aromatic carbocycles. The summed E-state index contributed by atoms with van der Waals surface area (Å²) in [6.45, 7) is 5.77. The van der Waals surface area contributed by atoms with Gasteiger partial charge in [0.15, 0.2) is 0 Å². The van der Waals surface area contributed by atoms with Gasteiger partial charge in [0.1, 0.15) is 0 Å². The minimum Gasteiger partial charge on any atom is -0.390 e. The van der Waals surface area contributed by atoms with Crippen molar-refractivity contribution in [2.45, 2.75) is 39.3 Å². The van der Waals surface area contributed by atoms with E-state index in [1.165, 1.54) is 0 Å². The van der Waals surface area contributed by atoms with Crippen LogP contribution in [0.2, 0.25) is 0 Å². The number of aryl methyl sites for hydroxylation is 3. The number of aliphatic hydroxyl groups is 1. The van der Waals surface area contributed by atoms with Crippen LogP contribution in [-0.2, 0) is 16.0 Å². The van der Waals surface area contributed by atoms with Crippen LogP contribution in [-0.4, -0.2) is 23.0 Å². The molecule has 3 rings (SSSR count). The molecule has 5 nitrogen and oxygen atoms in total. The summed E-state index contributed by atoms with van der Waals surface area (Å²) in [4.78, 5) is 24.6. The Morgan fingerprint density at radius 1 is 1.04 bits per heavy atom. The van der Waals surface area contributed by atoms with Crippen molar-refractivity contribution in [2.75, 3.05) is 5.32 Å². The molecular formula is C20H22N2O3. The SMILES string of the molecule is Cc1cc(C)c(NC(=O)C(=O)NC2c3ccccc3CC2O)c(C)c1. The number of aliphatic hydroxyl groups excluding tert-OH is 1. The van der Waals surface area contributed by atoms with Crippen LogP contribution in [0.5, 0.6) is 0 Å². The molecule has 25 heavy (non-hydrogen) atoms. The number of benzene rings is 2. The molecule has 2 atom stereocenters. The van der Waals surface area contributed by atoms with Crippen LogP contribution in [0.3, 0.4) is 0 Å². The molecule has 2 amide bonds. The first-order valence-corrected chi connectivity index (χ1v) is 8.32. The number of hydrogen-bond acceptors (Lipinski definition) is 3. The Morgan fingerprint density at radius 3 is 2.36 bits per heavy atom. The zero-order chi connectivity index (χ0) is 18.1. The van der Waals surface area contributed by atoms with Crippen molar-refractivity contribution >= 4 is 17.5 Å². The van der Waals surface area contributed by atoms with Crippen LogP contribution in [0.4, 0.5) is 5.69 Å². The lowest BCUT2D eigenvalue weighted by Gasteiger charge is -2.18. The Kier molecular flexibility index (Phi) is 4.59. The van der Waals surface area contributed by atoms with Crippen molar-refractivity contribution in [1.29, 1.82) is 0 Å². The standard InChI is InChI=1S/C20H22N2O3/c1-11-8-12(2)17(13(3)9-11)21-19(24)20(25)22-18-15-7-5-4-6-14(15)10-16(18)23/h4-9,16,18,23H,10H2,1-3H3,(H,21,24)(H,22,25). The fraction of sp³-hybridized carbons (Fsp3) is 0.300. The maximum absolute atomic E-state index is 12.3. The zero-order valence-electron chi connectivity index (χ0n) is 14.6. The third-order valence-corrected chi connectivity index (χ3v) is 4.61. The van der Waals surface area contributed by atoms with E-state index in [-0.39, 0.29) is 0 Å². The fourth-order valence-electron chi connectivity index (χ4n) is 3.50. The van der Waals surface area contributed by atoms with Crippen LogP contribution >= 0.6 is 0 Å². The van der Waals surface area contributed by atoms with E-state index in [1.54, 1.807) is 0 Å². The first-order chi connectivity index (χ1) is 11.9. The van der Waals surface area contributed by atoms with E-state index in [2.05, 4.69) is 10.6 Å². The number of hydrogen-bond donors (Lipinski definition) is 3. The molecule has 0 bridgehead atoms. The Balaban J connectivity index is 1.73. The summed E-state index contributed by atoms with van der Waals surface area (Å²) in [6, 6.07) is 10.9. The van der Waals surface area contributed by atoms with E-state index < -0.39 is 24.0 Å². The van der Waals surface area contributed by atoms with Gasteiger partial charge in [-0.2, -0.15) is 0 Å². The molecule has 0 saturated heterocycles. The summed E-state index contributed by atoms with van der Waals surface area (Å²) in [5.41, 5.74) is 5.42. The summed E-state index contributed by atoms with van der Waals surface area (Å²) >= 11 is 0. The smallest absolute Gasteiger partial charge is 0.313 e. The highest BCUT2D eigenvalue weighted by Crippen LogP contribution is 2.31. The van der Waals surface area contributed by atoms with Gasteiger partial charge in [-0.25, -0.2) is 0 Å². The molecule has 2 unspecified atom stereocenters. The lowest BCUT2D eigenvalue weighted by atomic mass is 10.0. The van der Waals surface area contributed by atoms with Gasteiger partial charge in [-0.05, 0) is 43.0 Å². The van der Waals surface area contributed by atoms with Gasteiger partial charge in [0.05, 0.1) is 12.1 Å². The molecule has 1 aliphatic carbocycles. The Labute approximate surface area is 147 Å². The molecule has 0 fully saturated rings. The van der Waals surface area contributed by atoms with Crippen LogP contribution in [0.15, 0.2) is 36.4 Å². The quantitative estimate of drug-likeness (QED) is 0.736. The Bertz CT molecular complexity index is 822. The average Bonchev–Trinajstić information content (AvgIpc) is 2.86. The highest BCUT2D eigenvalue weighted by Gasteiger charge is 2.33. The molecule has 5 heteroatoms. The van der Waals surface area contributed by atoms with Crippen molar-refractivity contribution in [1.82, 2.24) is 5.32 Å². The van der Waals surface area contributed by atoms with E-state index in [1.807, 2.05) is 57.2 Å². The number of carbonyl (C=O) groups is 2. The topological polar surface area (TPSA) is 78.4 Å². The number of fused-ring (bicyclic) bond motifs is 1. The van der Waals surface area contributed by atoms with E-state index >= 15 is 0 Å². The lowest BCUT2D eigenvalue weighted by molar-refractivity contribution is -0.137. The van der Waals surface area contributed by atoms with Crippen LogP contribution in [0.25, 0.3) is 0 Å². The number of amides is 2. The molecule has 1 aliphatic rings. The summed E-state index contributed by atoms with van der Waals surface area (Å²) in [7, 11) is 0. The minimum atomic E-state index is -0.750. The van der Waals surface area contributed by atoms with Crippen molar-refractivity contribution in [2.24, 2.45) is 0 Å². The average molecular weight is 338 g/mol. The molecule has 2 aromatic rings. The van der Waals surface area contributed by atoms with Gasteiger partial charge >= 0.3 is 11.8 Å². The van der Waals surface area contributed by atoms with Gasteiger partial charge in [-0.15, -0.1) is 0 Å². The Morgan fingerprint density at radius 2 is 1.68 bits per heavy atom. The molecule has 0 heterocycles. The third kappa shape index (κ3) is 3.42. The van der Waals surface area contributed by atoms with Crippen LogP contribution in [0.1, 0.15) is 33.9 Å². The van der Waals surface area contributed by atoms with Crippen LogP contribution in [0, 0.1) is 20.8 Å². The predicted molar refractivity (Wildman–Crippen MR) is 96.3 cm³/mol. The van der Waals surface area contributed by atoms with Gasteiger partial charge in [-0.3, -0.25) is 9.59 Å². The van der Waals surface area contributed by atoms with Gasteiger partial charge in [-0.1, -0.05) is 42.0 Å². The maximum atomic E-state index is 12.3. The third-order valence-electron chi connectivity index (χ3n) is 4.61. The zero-order valence-corrected chi connectivity index (χ0v) is 14.6. The minimum absolute atomic E-state index is 0.471. The fourth-order valence-corrected chi connectivity index (χ4v) is 3.50. The first-order valence-electron chi connectivity index (χ1n) is 8.32. The monoisotopic (exact) mass is 338 g/mol. The molecule has 0 aliphatic heterocycles. The molecule has 0 spiro atoms. The molecule has 0 radical (unpaired) electrons. The second-order valence-corrected chi connectivity index (χ2v) is 6.65. The van der Waals surface area contributed by atoms with Crippen molar-refractivity contribution in [3.63, 3.8) is 0 Å². The van der Waals surface area contributed by atoms with E-state index in [0.717, 1.165) is 27.8 Å². The number of anilines is 1. The predicted octanol–water partition coefficient (Wildman–Crippen LogP) is 2.32. The Hall–Kier alpha value is -2.66. The highest BCUT2D eigenvalue weighted by atomic mass is 16.3. The van der Waals surface area contributed by atoms with E-state index in [4.69, 9.17) is 0 Å². The normalized spacial score (nSPS) is 18.6. The second-order valence-electron chi connectivity index (χ2n) is 6.65. The molecule has 130 valence electrons. The van der Waals surface area contributed by atoms with Crippen LogP contribution < -0.4 is 10.6 Å². The van der Waals surface area contributed by atoms with Crippen molar-refractivity contribution < 1.29 is 14.7 Å². The number of carbonyl (C=O) groups excluding carboxylic acids is 2. The molecule has 0 saturated carbocycles. The summed E-state index contributed by atoms with van der Waals surface area (Å²) in [5.74, 6) is -1.48. The summed E-state index contributed by atoms with van der Waals surface area (Å²) in [5, 5.41) is 15.5. The van der Waals surface area contributed by atoms with E-state index in [9.17, 15) is 14.7 Å². The molecule has 0 aromatic heterocycles. The van der Waals surface area contributed by atoms with Gasteiger partial charge < -0.3 is 15.7 Å². The first kappa shape index (κ1) is 17.2. The largest absolute Gasteiger partial charge is 0.390 e. The van der Waals surface area contributed by atoms with Gasteiger partial charge in [0.2, 0.25) is 0 Å². The van der Waals surface area contributed by atoms with Crippen molar-refractivity contribution in [3.05, 3.63) is 64.2 Å². The maximum Gasteiger partial charge on any atom is 0.313 e. The number of rotatable bonds is 2. The summed E-state index contributed by atoms with van der Waals surface area (Å²) in [6.07, 6.45) is -0.254.